The number of carbonyl (C=O) groups is 2. The Morgan fingerprint density at radius 3 is 2.74 bits per heavy atom. The number of hydrogen-bond acceptors (Lipinski definition) is 4. The van der Waals surface area contributed by atoms with Gasteiger partial charge in [0.05, 0.1) is 12.3 Å². The summed E-state index contributed by atoms with van der Waals surface area (Å²) in [6, 6.07) is 7.86. The van der Waals surface area contributed by atoms with Crippen molar-refractivity contribution >= 4 is 18.0 Å². The number of nitrogens with one attached hydrogen (secondary N) is 2. The number of anilines is 1. The van der Waals surface area contributed by atoms with Crippen molar-refractivity contribution in [1.29, 1.82) is 0 Å². The molecule has 0 aliphatic rings. The fourth-order valence-corrected chi connectivity index (χ4v) is 2.04. The molecule has 0 spiro atoms. The molecule has 7 nitrogen and oxygen atoms in total. The van der Waals surface area contributed by atoms with E-state index in [0.29, 0.717) is 35.6 Å². The Morgan fingerprint density at radius 1 is 1.35 bits per heavy atom. The number of ether oxygens (including phenoxy) is 1. The van der Waals surface area contributed by atoms with Gasteiger partial charge in [-0.3, -0.25) is 14.4 Å². The summed E-state index contributed by atoms with van der Waals surface area (Å²) in [6.07, 6.45) is 1.24. The maximum absolute atomic E-state index is 11.9. The molecule has 0 aliphatic heterocycles. The van der Waals surface area contributed by atoms with Gasteiger partial charge in [-0.2, -0.15) is 0 Å². The molecule has 0 fully saturated rings. The third-order valence-electron chi connectivity index (χ3n) is 3.14. The lowest BCUT2D eigenvalue weighted by Gasteiger charge is -2.12. The molecule has 1 aromatic carbocycles. The number of rotatable bonds is 7. The van der Waals surface area contributed by atoms with Gasteiger partial charge in [-0.15, -0.1) is 0 Å². The third-order valence-corrected chi connectivity index (χ3v) is 3.14. The number of amides is 2. The van der Waals surface area contributed by atoms with Crippen LogP contribution in [0.1, 0.15) is 23.7 Å². The zero-order valence-corrected chi connectivity index (χ0v) is 12.6. The average Bonchev–Trinajstić information content (AvgIpc) is 2.54. The highest BCUT2D eigenvalue weighted by atomic mass is 16.5. The smallest absolute Gasteiger partial charge is 0.272 e. The van der Waals surface area contributed by atoms with E-state index in [1.165, 1.54) is 6.07 Å². The molecule has 7 heteroatoms. The van der Waals surface area contributed by atoms with Crippen molar-refractivity contribution in [2.75, 3.05) is 11.9 Å². The van der Waals surface area contributed by atoms with E-state index in [9.17, 15) is 14.4 Å². The van der Waals surface area contributed by atoms with Crippen molar-refractivity contribution in [3.8, 4) is 17.0 Å². The Labute approximate surface area is 132 Å². The fourth-order valence-electron chi connectivity index (χ4n) is 2.04. The van der Waals surface area contributed by atoms with Crippen LogP contribution in [0.3, 0.4) is 0 Å². The van der Waals surface area contributed by atoms with Gasteiger partial charge < -0.3 is 20.8 Å². The molecule has 2 amide bonds. The van der Waals surface area contributed by atoms with Gasteiger partial charge in [-0.25, -0.2) is 0 Å². The summed E-state index contributed by atoms with van der Waals surface area (Å²) < 4.78 is 5.65. The normalized spacial score (nSPS) is 10.1. The molecule has 2 aromatic rings. The van der Waals surface area contributed by atoms with Gasteiger partial charge in [0, 0.05) is 11.1 Å². The molecule has 0 unspecified atom stereocenters. The quantitative estimate of drug-likeness (QED) is 0.672. The topological polar surface area (TPSA) is 114 Å². The summed E-state index contributed by atoms with van der Waals surface area (Å²) >= 11 is 0. The maximum atomic E-state index is 11.9. The average molecular weight is 315 g/mol. The lowest BCUT2D eigenvalue weighted by molar-refractivity contribution is -0.105. The van der Waals surface area contributed by atoms with Crippen LogP contribution in [0.25, 0.3) is 11.3 Å². The number of benzene rings is 1. The first kappa shape index (κ1) is 16.3. The number of pyridine rings is 1. The molecule has 0 bridgehead atoms. The summed E-state index contributed by atoms with van der Waals surface area (Å²) in [5.74, 6) is -0.0431. The highest BCUT2D eigenvalue weighted by molar-refractivity contribution is 5.94. The van der Waals surface area contributed by atoms with Crippen molar-refractivity contribution in [1.82, 2.24) is 4.98 Å². The largest absolute Gasteiger partial charge is 0.493 e. The summed E-state index contributed by atoms with van der Waals surface area (Å²) in [5.41, 5.74) is 6.29. The van der Waals surface area contributed by atoms with E-state index < -0.39 is 11.5 Å². The number of aromatic nitrogens is 1. The van der Waals surface area contributed by atoms with E-state index in [1.54, 1.807) is 24.3 Å². The van der Waals surface area contributed by atoms with Gasteiger partial charge in [0.2, 0.25) is 12.3 Å². The summed E-state index contributed by atoms with van der Waals surface area (Å²) in [4.78, 5) is 36.4. The van der Waals surface area contributed by atoms with E-state index in [4.69, 9.17) is 10.5 Å². The minimum atomic E-state index is -0.574. The molecule has 0 saturated carbocycles. The Balaban J connectivity index is 2.52. The van der Waals surface area contributed by atoms with Crippen LogP contribution < -0.4 is 21.3 Å². The Hall–Kier alpha value is -3.09. The van der Waals surface area contributed by atoms with Crippen LogP contribution in [0, 0.1) is 0 Å². The molecule has 1 heterocycles. The second-order valence-electron chi connectivity index (χ2n) is 4.80. The molecule has 4 N–H and O–H groups in total. The van der Waals surface area contributed by atoms with Crippen LogP contribution in [0.5, 0.6) is 5.75 Å². The van der Waals surface area contributed by atoms with Crippen LogP contribution in [0.15, 0.2) is 35.1 Å². The lowest BCUT2D eigenvalue weighted by atomic mass is 10.1. The summed E-state index contributed by atoms with van der Waals surface area (Å²) in [5, 5.41) is 2.30. The number of carbonyl (C=O) groups excluding carboxylic acids is 2. The van der Waals surface area contributed by atoms with Crippen LogP contribution in [0.2, 0.25) is 0 Å². The van der Waals surface area contributed by atoms with Gasteiger partial charge in [-0.05, 0) is 36.8 Å². The van der Waals surface area contributed by atoms with Gasteiger partial charge in [0.25, 0.3) is 5.56 Å². The molecule has 0 saturated heterocycles. The SMILES string of the molecule is CCCOc1ccc(C(N)=O)cc1-c1ccc(NC=O)c(=O)[nH]1. The van der Waals surface area contributed by atoms with Crippen molar-refractivity contribution in [3.05, 3.63) is 46.2 Å². The first-order valence-corrected chi connectivity index (χ1v) is 7.07. The molecular weight excluding hydrogens is 298 g/mol. The zero-order valence-electron chi connectivity index (χ0n) is 12.6. The minimum Gasteiger partial charge on any atom is -0.493 e. The molecule has 0 aliphatic carbocycles. The van der Waals surface area contributed by atoms with Gasteiger partial charge >= 0.3 is 0 Å². The molecule has 120 valence electrons. The summed E-state index contributed by atoms with van der Waals surface area (Å²) in [7, 11) is 0. The van der Waals surface area contributed by atoms with Crippen LogP contribution >= 0.6 is 0 Å². The number of hydrogen-bond donors (Lipinski definition) is 3. The van der Waals surface area contributed by atoms with Gasteiger partial charge in [-0.1, -0.05) is 6.92 Å². The van der Waals surface area contributed by atoms with Crippen molar-refractivity contribution < 1.29 is 14.3 Å². The standard InChI is InChI=1S/C16H17N3O4/c1-2-7-23-14-6-3-10(15(17)21)8-11(14)12-4-5-13(18-9-20)16(22)19-12/h3-6,8-9H,2,7H2,1H3,(H2,17,21)(H,18,20)(H,19,22). The Kier molecular flexibility index (Phi) is 5.14. The third kappa shape index (κ3) is 3.76. The van der Waals surface area contributed by atoms with E-state index in [2.05, 4.69) is 10.3 Å². The predicted molar refractivity (Wildman–Crippen MR) is 86.5 cm³/mol. The Morgan fingerprint density at radius 2 is 2.13 bits per heavy atom. The highest BCUT2D eigenvalue weighted by Crippen LogP contribution is 2.29. The van der Waals surface area contributed by atoms with E-state index >= 15 is 0 Å². The Bertz CT molecular complexity index is 783. The second kappa shape index (κ2) is 7.26. The first-order chi connectivity index (χ1) is 11.1. The fraction of sp³-hybridized carbons (Fsp3) is 0.188. The molecule has 1 aromatic heterocycles. The molecule has 0 atom stereocenters. The van der Waals surface area contributed by atoms with E-state index in [0.717, 1.165) is 6.42 Å². The van der Waals surface area contributed by atoms with E-state index in [-0.39, 0.29) is 5.69 Å². The summed E-state index contributed by atoms with van der Waals surface area (Å²) in [6.45, 7) is 2.47. The molecule has 0 radical (unpaired) electrons. The molecule has 2 rings (SSSR count). The van der Waals surface area contributed by atoms with Crippen LogP contribution in [-0.4, -0.2) is 23.9 Å². The minimum absolute atomic E-state index is 0.130. The zero-order chi connectivity index (χ0) is 16.8. The van der Waals surface area contributed by atoms with Gasteiger partial charge in [0.15, 0.2) is 0 Å². The second-order valence-corrected chi connectivity index (χ2v) is 4.80. The number of H-pyrrole nitrogens is 1. The van der Waals surface area contributed by atoms with Crippen LogP contribution in [-0.2, 0) is 4.79 Å². The van der Waals surface area contributed by atoms with Crippen molar-refractivity contribution in [2.45, 2.75) is 13.3 Å². The van der Waals surface area contributed by atoms with Crippen molar-refractivity contribution in [3.63, 3.8) is 0 Å². The molecular formula is C16H17N3O4. The van der Waals surface area contributed by atoms with Crippen LogP contribution in [0.4, 0.5) is 5.69 Å². The first-order valence-electron chi connectivity index (χ1n) is 7.07. The number of nitrogens with two attached hydrogens (primary N) is 1. The number of aromatic amines is 1. The van der Waals surface area contributed by atoms with Gasteiger partial charge in [0.1, 0.15) is 11.4 Å². The van der Waals surface area contributed by atoms with E-state index in [1.807, 2.05) is 6.92 Å². The maximum Gasteiger partial charge on any atom is 0.272 e. The monoisotopic (exact) mass is 315 g/mol. The molecule has 23 heavy (non-hydrogen) atoms. The highest BCUT2D eigenvalue weighted by Gasteiger charge is 2.12. The predicted octanol–water partition coefficient (Wildman–Crippen LogP) is 1.50. The lowest BCUT2D eigenvalue weighted by Crippen LogP contribution is -2.14. The van der Waals surface area contributed by atoms with Crippen molar-refractivity contribution in [2.24, 2.45) is 5.73 Å². The number of primary amides is 1.